The van der Waals surface area contributed by atoms with Crippen molar-refractivity contribution in [3.63, 3.8) is 0 Å². The molecule has 1 aliphatic heterocycles. The van der Waals surface area contributed by atoms with E-state index in [4.69, 9.17) is 28.6 Å². The van der Waals surface area contributed by atoms with Crippen molar-refractivity contribution in [1.29, 1.82) is 0 Å². The highest BCUT2D eigenvalue weighted by Crippen LogP contribution is 2.42. The minimum Gasteiger partial charge on any atom is -0.495 e. The van der Waals surface area contributed by atoms with Crippen LogP contribution in [0.25, 0.3) is 5.69 Å². The summed E-state index contributed by atoms with van der Waals surface area (Å²) < 4.78 is 7.84. The molecule has 0 aliphatic carbocycles. The number of para-hydroxylation sites is 1. The van der Waals surface area contributed by atoms with Crippen LogP contribution in [0.2, 0.25) is 5.02 Å². The van der Waals surface area contributed by atoms with Crippen LogP contribution < -0.4 is 15.4 Å². The summed E-state index contributed by atoms with van der Waals surface area (Å²) in [5.41, 5.74) is 6.86. The summed E-state index contributed by atoms with van der Waals surface area (Å²) in [4.78, 5) is 19.9. The number of nitrogens with one attached hydrogen (secondary N) is 2. The molecule has 41 heavy (non-hydrogen) atoms. The number of hydrogen-bond donors (Lipinski definition) is 2. The van der Waals surface area contributed by atoms with Gasteiger partial charge in [0.1, 0.15) is 5.75 Å². The Morgan fingerprint density at radius 1 is 1.12 bits per heavy atom. The topological polar surface area (TPSA) is 71.4 Å². The lowest BCUT2D eigenvalue weighted by molar-refractivity contribution is -0.116. The maximum Gasteiger partial charge on any atom is 0.226 e. The third-order valence-corrected chi connectivity index (χ3v) is 8.21. The van der Waals surface area contributed by atoms with Gasteiger partial charge in [0.15, 0.2) is 5.11 Å². The summed E-state index contributed by atoms with van der Waals surface area (Å²) in [6.07, 6.45) is 2.92. The minimum absolute atomic E-state index is 0.0529. The van der Waals surface area contributed by atoms with Crippen molar-refractivity contribution in [1.82, 2.24) is 19.8 Å². The summed E-state index contributed by atoms with van der Waals surface area (Å²) in [6.45, 7) is 6.68. The second-order valence-corrected chi connectivity index (χ2v) is 10.9. The Labute approximate surface area is 251 Å². The van der Waals surface area contributed by atoms with Gasteiger partial charge in [-0.25, -0.2) is 0 Å². The molecule has 0 radical (unpaired) electrons. The fourth-order valence-corrected chi connectivity index (χ4v) is 6.16. The van der Waals surface area contributed by atoms with Crippen molar-refractivity contribution in [3.05, 3.63) is 106 Å². The van der Waals surface area contributed by atoms with Gasteiger partial charge in [-0.1, -0.05) is 42.8 Å². The van der Waals surface area contributed by atoms with E-state index in [0.29, 0.717) is 16.7 Å². The number of carbonyl (C=O) groups is 1. The van der Waals surface area contributed by atoms with E-state index in [1.807, 2.05) is 60.7 Å². The molecule has 1 aliphatic rings. The number of hydrogen-bond acceptors (Lipinski definition) is 4. The number of aryl methyl sites for hydroxylation is 2. The molecule has 9 heteroatoms. The smallest absolute Gasteiger partial charge is 0.226 e. The van der Waals surface area contributed by atoms with E-state index in [1.165, 1.54) is 0 Å². The van der Waals surface area contributed by atoms with E-state index in [-0.39, 0.29) is 24.4 Å². The van der Waals surface area contributed by atoms with Crippen LogP contribution in [0.4, 0.5) is 5.69 Å². The fraction of sp³-hybridized carbons (Fsp3) is 0.281. The minimum atomic E-state index is -0.192. The number of aromatic nitrogens is 2. The molecule has 2 atom stereocenters. The van der Waals surface area contributed by atoms with Gasteiger partial charge in [0, 0.05) is 41.3 Å². The SMILES string of the molecule is CCc1ccccc1NC(=O)CCN1C(=S)NC(c2ccccn2)C1c1cc(C)n(-c2cc(Cl)ccc2OC)c1C. The number of pyridine rings is 1. The zero-order chi connectivity index (χ0) is 29.1. The number of ether oxygens (including phenoxy) is 1. The molecule has 0 spiro atoms. The third-order valence-electron chi connectivity index (χ3n) is 7.62. The molecule has 0 saturated carbocycles. The number of carbonyl (C=O) groups excluding carboxylic acids is 1. The van der Waals surface area contributed by atoms with Crippen LogP contribution in [-0.2, 0) is 11.2 Å². The molecule has 7 nitrogen and oxygen atoms in total. The quantitative estimate of drug-likeness (QED) is 0.212. The molecule has 1 amide bonds. The van der Waals surface area contributed by atoms with Crippen LogP contribution >= 0.6 is 23.8 Å². The largest absolute Gasteiger partial charge is 0.495 e. The first-order chi connectivity index (χ1) is 19.8. The average Bonchev–Trinajstić information content (AvgIpc) is 3.46. The van der Waals surface area contributed by atoms with Gasteiger partial charge in [-0.2, -0.15) is 0 Å². The Hall–Kier alpha value is -3.88. The van der Waals surface area contributed by atoms with Crippen LogP contribution in [0.15, 0.2) is 72.9 Å². The van der Waals surface area contributed by atoms with E-state index >= 15 is 0 Å². The summed E-state index contributed by atoms with van der Waals surface area (Å²) >= 11 is 12.3. The predicted octanol–water partition coefficient (Wildman–Crippen LogP) is 6.71. The van der Waals surface area contributed by atoms with Crippen LogP contribution in [0.3, 0.4) is 0 Å². The molecule has 2 aromatic carbocycles. The summed E-state index contributed by atoms with van der Waals surface area (Å²) in [5, 5.41) is 7.81. The van der Waals surface area contributed by atoms with Crippen molar-refractivity contribution >= 4 is 40.5 Å². The number of benzene rings is 2. The summed E-state index contributed by atoms with van der Waals surface area (Å²) in [7, 11) is 1.66. The van der Waals surface area contributed by atoms with E-state index in [9.17, 15) is 4.79 Å². The van der Waals surface area contributed by atoms with Gasteiger partial charge in [0.25, 0.3) is 0 Å². The lowest BCUT2D eigenvalue weighted by Crippen LogP contribution is -2.33. The molecule has 2 N–H and O–H groups in total. The predicted molar refractivity (Wildman–Crippen MR) is 168 cm³/mol. The first-order valence-corrected chi connectivity index (χ1v) is 14.5. The standard InChI is InChI=1S/C32H34ClN5O2S/c1-5-22-10-6-7-11-25(22)35-29(39)15-17-37-31(30(36-32(37)41)26-12-8-9-16-34-26)24-18-20(2)38(21(24)3)27-19-23(33)13-14-28(27)40-4/h6-14,16,18-19,30-31H,5,15,17H2,1-4H3,(H,35,39)(H,36,41). The lowest BCUT2D eigenvalue weighted by atomic mass is 9.96. The monoisotopic (exact) mass is 587 g/mol. The van der Waals surface area contributed by atoms with Gasteiger partial charge >= 0.3 is 0 Å². The van der Waals surface area contributed by atoms with Crippen LogP contribution in [0.1, 0.15) is 53.6 Å². The second kappa shape index (κ2) is 12.3. The van der Waals surface area contributed by atoms with Gasteiger partial charge in [-0.05, 0) is 86.1 Å². The normalized spacial score (nSPS) is 16.5. The molecule has 2 aromatic heterocycles. The second-order valence-electron chi connectivity index (χ2n) is 10.1. The number of thiocarbonyl (C=S) groups is 1. The molecular weight excluding hydrogens is 554 g/mol. The molecule has 1 saturated heterocycles. The summed E-state index contributed by atoms with van der Waals surface area (Å²) in [6, 6.07) is 21.2. The van der Waals surface area contributed by atoms with Crippen LogP contribution in [0.5, 0.6) is 5.75 Å². The Bertz CT molecular complexity index is 1570. The van der Waals surface area contributed by atoms with E-state index in [2.05, 4.69) is 51.9 Å². The number of nitrogens with zero attached hydrogens (tertiary/aromatic N) is 3. The van der Waals surface area contributed by atoms with Crippen molar-refractivity contribution in [2.24, 2.45) is 0 Å². The highest BCUT2D eigenvalue weighted by molar-refractivity contribution is 7.80. The van der Waals surface area contributed by atoms with Gasteiger partial charge in [0.2, 0.25) is 5.91 Å². The molecule has 212 valence electrons. The van der Waals surface area contributed by atoms with Crippen molar-refractivity contribution in [2.75, 3.05) is 19.0 Å². The highest BCUT2D eigenvalue weighted by atomic mass is 35.5. The first kappa shape index (κ1) is 28.6. The fourth-order valence-electron chi connectivity index (χ4n) is 5.67. The number of anilines is 1. The Morgan fingerprint density at radius 3 is 2.63 bits per heavy atom. The third kappa shape index (κ3) is 5.80. The zero-order valence-corrected chi connectivity index (χ0v) is 25.2. The zero-order valence-electron chi connectivity index (χ0n) is 23.6. The van der Waals surface area contributed by atoms with E-state index < -0.39 is 0 Å². The van der Waals surface area contributed by atoms with E-state index in [0.717, 1.165) is 51.8 Å². The number of rotatable bonds is 9. The van der Waals surface area contributed by atoms with Gasteiger partial charge < -0.3 is 24.8 Å². The van der Waals surface area contributed by atoms with Crippen LogP contribution in [-0.4, -0.2) is 39.1 Å². The molecular formula is C32H34ClN5O2S. The van der Waals surface area contributed by atoms with E-state index in [1.54, 1.807) is 13.3 Å². The molecule has 3 heterocycles. The first-order valence-electron chi connectivity index (χ1n) is 13.7. The molecule has 4 aromatic rings. The number of halogens is 1. The maximum atomic E-state index is 13.1. The van der Waals surface area contributed by atoms with Crippen molar-refractivity contribution in [2.45, 2.75) is 45.7 Å². The number of amides is 1. The van der Waals surface area contributed by atoms with Crippen molar-refractivity contribution in [3.8, 4) is 11.4 Å². The Morgan fingerprint density at radius 2 is 1.90 bits per heavy atom. The summed E-state index contributed by atoms with van der Waals surface area (Å²) in [5.74, 6) is 0.674. The molecule has 1 fully saturated rings. The van der Waals surface area contributed by atoms with Crippen LogP contribution in [0, 0.1) is 13.8 Å². The maximum absolute atomic E-state index is 13.1. The van der Waals surface area contributed by atoms with Gasteiger partial charge in [-0.15, -0.1) is 0 Å². The molecule has 2 unspecified atom stereocenters. The van der Waals surface area contributed by atoms with Gasteiger partial charge in [-0.3, -0.25) is 9.78 Å². The van der Waals surface area contributed by atoms with Crippen molar-refractivity contribution < 1.29 is 9.53 Å². The lowest BCUT2D eigenvalue weighted by Gasteiger charge is -2.28. The highest BCUT2D eigenvalue weighted by Gasteiger charge is 2.41. The molecule has 0 bridgehead atoms. The van der Waals surface area contributed by atoms with Gasteiger partial charge in [0.05, 0.1) is 30.6 Å². The Kier molecular flexibility index (Phi) is 8.61. The Balaban J connectivity index is 1.50. The average molecular weight is 588 g/mol. The number of methoxy groups -OCH3 is 1. The molecule has 5 rings (SSSR count).